The van der Waals surface area contributed by atoms with E-state index < -0.39 is 34.9 Å². The molecule has 248 valence electrons. The minimum atomic E-state index is -4.88. The zero-order valence-corrected chi connectivity index (χ0v) is 26.1. The highest BCUT2D eigenvalue weighted by Gasteiger charge is 2.57. The first-order valence-corrected chi connectivity index (χ1v) is 15.5. The third kappa shape index (κ3) is 5.41. The van der Waals surface area contributed by atoms with Crippen molar-refractivity contribution in [2.75, 3.05) is 39.6 Å². The second-order valence-corrected chi connectivity index (χ2v) is 13.2. The van der Waals surface area contributed by atoms with Crippen molar-refractivity contribution in [1.82, 2.24) is 25.1 Å². The van der Waals surface area contributed by atoms with E-state index in [0.717, 1.165) is 57.7 Å². The maximum atomic E-state index is 15.3. The third-order valence-electron chi connectivity index (χ3n) is 10.0. The van der Waals surface area contributed by atoms with Gasteiger partial charge in [0.25, 0.3) is 11.8 Å². The Bertz CT molecular complexity index is 1760. The summed E-state index contributed by atoms with van der Waals surface area (Å²) in [5.74, 6) is -3.00. The molecule has 0 unspecified atom stereocenters. The molecule has 4 aliphatic rings. The Morgan fingerprint density at radius 1 is 1.06 bits per heavy atom. The van der Waals surface area contributed by atoms with Crippen LogP contribution in [0.15, 0.2) is 36.5 Å². The second-order valence-electron chi connectivity index (χ2n) is 13.2. The maximum Gasteiger partial charge on any atom is 0.423 e. The molecular formula is C33H34F4N6O4. The number of carbonyl (C=O) groups excluding carboxylic acids is 2. The molecule has 0 radical (unpaired) electrons. The van der Waals surface area contributed by atoms with E-state index in [9.17, 15) is 22.8 Å². The summed E-state index contributed by atoms with van der Waals surface area (Å²) >= 11 is 0. The molecule has 2 N–H and O–H groups in total. The van der Waals surface area contributed by atoms with Crippen molar-refractivity contribution < 1.29 is 36.6 Å². The maximum absolute atomic E-state index is 15.3. The molecule has 2 spiro atoms. The van der Waals surface area contributed by atoms with Gasteiger partial charge in [-0.05, 0) is 68.7 Å². The number of ether oxygens (including phenoxy) is 2. The van der Waals surface area contributed by atoms with E-state index in [1.165, 1.54) is 19.2 Å². The Morgan fingerprint density at radius 3 is 2.43 bits per heavy atom. The molecule has 3 heterocycles. The van der Waals surface area contributed by atoms with Crippen molar-refractivity contribution in [1.29, 1.82) is 0 Å². The van der Waals surface area contributed by atoms with Crippen molar-refractivity contribution in [3.63, 3.8) is 0 Å². The number of halogens is 4. The Hall–Kier alpha value is -4.46. The summed E-state index contributed by atoms with van der Waals surface area (Å²) in [6, 6.07) is 6.97. The number of benzene rings is 2. The molecule has 2 aromatic carbocycles. The van der Waals surface area contributed by atoms with Crippen LogP contribution in [-0.4, -0.2) is 71.9 Å². The molecule has 47 heavy (non-hydrogen) atoms. The molecule has 3 fully saturated rings. The first-order chi connectivity index (χ1) is 22.3. The number of methoxy groups -OCH3 is 1. The number of rotatable bonds is 7. The highest BCUT2D eigenvalue weighted by Crippen LogP contribution is 2.57. The van der Waals surface area contributed by atoms with Crippen LogP contribution in [0.1, 0.15) is 70.4 Å². The van der Waals surface area contributed by atoms with Crippen LogP contribution in [0.3, 0.4) is 0 Å². The predicted molar refractivity (Wildman–Crippen MR) is 162 cm³/mol. The van der Waals surface area contributed by atoms with Gasteiger partial charge in [-0.1, -0.05) is 12.1 Å². The largest absolute Gasteiger partial charge is 0.495 e. The van der Waals surface area contributed by atoms with Crippen LogP contribution in [0, 0.1) is 11.2 Å². The lowest BCUT2D eigenvalue weighted by molar-refractivity contribution is -0.139. The van der Waals surface area contributed by atoms with Gasteiger partial charge >= 0.3 is 6.18 Å². The summed E-state index contributed by atoms with van der Waals surface area (Å²) < 4.78 is 68.5. The summed E-state index contributed by atoms with van der Waals surface area (Å²) in [6.45, 7) is 2.10. The zero-order chi connectivity index (χ0) is 33.3. The van der Waals surface area contributed by atoms with Crippen LogP contribution < -0.4 is 20.1 Å². The second kappa shape index (κ2) is 11.1. The molecule has 3 aromatic rings. The van der Waals surface area contributed by atoms with Crippen molar-refractivity contribution in [3.8, 4) is 17.4 Å². The lowest BCUT2D eigenvalue weighted by Gasteiger charge is -2.52. The number of alkyl halides is 3. The Morgan fingerprint density at radius 2 is 1.79 bits per heavy atom. The lowest BCUT2D eigenvalue weighted by atomic mass is 9.67. The van der Waals surface area contributed by atoms with Gasteiger partial charge in [-0.3, -0.25) is 9.59 Å². The Labute approximate surface area is 268 Å². The summed E-state index contributed by atoms with van der Waals surface area (Å²) in [5, 5.41) is 5.62. The molecular weight excluding hydrogens is 620 g/mol. The number of hydrogen-bond acceptors (Lipinski definition) is 8. The molecule has 2 saturated carbocycles. The fourth-order valence-electron chi connectivity index (χ4n) is 7.46. The molecule has 2 aliphatic heterocycles. The highest BCUT2D eigenvalue weighted by molar-refractivity contribution is 6.03. The Kier molecular flexibility index (Phi) is 7.34. The number of hydrogen-bond donors (Lipinski definition) is 2. The van der Waals surface area contributed by atoms with Gasteiger partial charge in [-0.25, -0.2) is 9.37 Å². The van der Waals surface area contributed by atoms with E-state index in [1.807, 2.05) is 0 Å². The van der Waals surface area contributed by atoms with Crippen molar-refractivity contribution in [3.05, 3.63) is 64.6 Å². The van der Waals surface area contributed by atoms with E-state index in [-0.39, 0.29) is 46.2 Å². The van der Waals surface area contributed by atoms with E-state index in [4.69, 9.17) is 9.47 Å². The topological polar surface area (TPSA) is 109 Å². The van der Waals surface area contributed by atoms with Gasteiger partial charge in [0.2, 0.25) is 11.8 Å². The van der Waals surface area contributed by atoms with Crippen LogP contribution in [0.2, 0.25) is 0 Å². The monoisotopic (exact) mass is 654 g/mol. The normalized spacial score (nSPS) is 19.8. The third-order valence-corrected chi connectivity index (χ3v) is 10.0. The predicted octanol–water partition coefficient (Wildman–Crippen LogP) is 5.86. The van der Waals surface area contributed by atoms with Crippen LogP contribution in [0.5, 0.6) is 17.4 Å². The molecule has 2 aliphatic carbocycles. The molecule has 2 amide bonds. The number of aromatic nitrogens is 2. The van der Waals surface area contributed by atoms with E-state index in [2.05, 4.69) is 32.5 Å². The van der Waals surface area contributed by atoms with Gasteiger partial charge in [0, 0.05) is 38.4 Å². The van der Waals surface area contributed by atoms with E-state index >= 15 is 4.39 Å². The van der Waals surface area contributed by atoms with Crippen LogP contribution in [0.4, 0.5) is 29.2 Å². The van der Waals surface area contributed by atoms with E-state index in [1.54, 1.807) is 24.1 Å². The zero-order valence-electron chi connectivity index (χ0n) is 26.1. The fourth-order valence-corrected chi connectivity index (χ4v) is 7.46. The summed E-state index contributed by atoms with van der Waals surface area (Å²) in [6.07, 6.45) is 0.781. The first kappa shape index (κ1) is 31.2. The number of likely N-dealkylation sites (tertiary alicyclic amines) is 1. The Balaban J connectivity index is 1.12. The number of carbonyl (C=O) groups is 2. The van der Waals surface area contributed by atoms with Gasteiger partial charge in [-0.2, -0.15) is 18.2 Å². The van der Waals surface area contributed by atoms with Crippen LogP contribution in [0.25, 0.3) is 0 Å². The molecule has 10 nitrogen and oxygen atoms in total. The number of nitrogens with zero attached hydrogens (tertiary/aromatic N) is 4. The van der Waals surface area contributed by atoms with E-state index in [0.29, 0.717) is 17.2 Å². The number of fused-ring (bicyclic) bond motifs is 2. The lowest BCUT2D eigenvalue weighted by Crippen LogP contribution is -2.57. The molecule has 14 heteroatoms. The van der Waals surface area contributed by atoms with Gasteiger partial charge < -0.3 is 29.9 Å². The number of anilines is 2. The molecule has 0 atom stereocenters. The minimum Gasteiger partial charge on any atom is -0.495 e. The smallest absolute Gasteiger partial charge is 0.423 e. The highest BCUT2D eigenvalue weighted by atomic mass is 19.4. The SMILES string of the molecule is COc1cc(C(=O)NC2CCC3(CC2)CN(C)C3)c(F)cc1Nc1ncc(C(F)(F)F)c(Oc2cccc3c2C(=O)N(C)C32CC2)n1. The fraction of sp³-hybridized carbons (Fsp3) is 0.455. The average molecular weight is 655 g/mol. The number of amides is 2. The van der Waals surface area contributed by atoms with Crippen LogP contribution >= 0.6 is 0 Å². The summed E-state index contributed by atoms with van der Waals surface area (Å²) in [7, 11) is 5.06. The van der Waals surface area contributed by atoms with Crippen LogP contribution in [-0.2, 0) is 11.7 Å². The average Bonchev–Trinajstić information content (AvgIpc) is 3.79. The number of nitrogens with one attached hydrogen (secondary N) is 2. The summed E-state index contributed by atoms with van der Waals surface area (Å²) in [4.78, 5) is 37.8. The molecule has 7 rings (SSSR count). The van der Waals surface area contributed by atoms with Gasteiger partial charge in [-0.15, -0.1) is 0 Å². The molecule has 1 aromatic heterocycles. The molecule has 0 bridgehead atoms. The minimum absolute atomic E-state index is 0.0194. The van der Waals surface area contributed by atoms with Crippen molar-refractivity contribution >= 4 is 23.5 Å². The van der Waals surface area contributed by atoms with Gasteiger partial charge in [0.1, 0.15) is 22.9 Å². The standard InChI is InChI=1S/C33H34F4N6O4/c1-42-16-31(17-42)9-7-18(8-10-31)39-27(44)19-13-25(46-3)23(14-22(19)34)40-30-38-15-21(33(35,36)37)28(41-30)47-24-6-4-5-20-26(24)29(45)43(2)32(20)11-12-32/h4-6,13-15,18H,7-12,16-17H2,1-3H3,(H,39,44)(H,38,40,41). The first-order valence-electron chi connectivity index (χ1n) is 15.5. The van der Waals surface area contributed by atoms with Crippen molar-refractivity contribution in [2.45, 2.75) is 56.3 Å². The quantitative estimate of drug-likeness (QED) is 0.305. The van der Waals surface area contributed by atoms with Gasteiger partial charge in [0.15, 0.2) is 0 Å². The van der Waals surface area contributed by atoms with Crippen molar-refractivity contribution in [2.24, 2.45) is 5.41 Å². The van der Waals surface area contributed by atoms with Gasteiger partial charge in [0.05, 0.1) is 29.5 Å². The molecule has 1 saturated heterocycles. The summed E-state index contributed by atoms with van der Waals surface area (Å²) in [5.41, 5.74) is -0.765.